The third-order valence-corrected chi connectivity index (χ3v) is 5.59. The monoisotopic (exact) mass is 408 g/mol. The second-order valence-corrected chi connectivity index (χ2v) is 7.81. The SMILES string of the molecule is O=C(O)CC(NC(=O)OCC1c2ccccc2-c2ccccc21)C(=O)NCC1CC1. The zero-order chi connectivity index (χ0) is 21.1. The standard InChI is InChI=1S/C23H24N2O5/c26-21(27)11-20(22(28)24-12-14-9-10-14)25-23(29)30-13-19-17-7-3-1-5-15(17)16-6-2-4-8-18(16)19/h1-8,14,19-20H,9-13H2,(H,24,28)(H,25,29)(H,26,27). The molecule has 7 heteroatoms. The second kappa shape index (κ2) is 8.57. The van der Waals surface area contributed by atoms with Crippen LogP contribution in [0.1, 0.15) is 36.3 Å². The highest BCUT2D eigenvalue weighted by Crippen LogP contribution is 2.44. The molecule has 4 rings (SSSR count). The van der Waals surface area contributed by atoms with Crippen molar-refractivity contribution in [1.29, 1.82) is 0 Å². The summed E-state index contributed by atoms with van der Waals surface area (Å²) in [4.78, 5) is 35.8. The Labute approximate surface area is 174 Å². The molecule has 0 heterocycles. The second-order valence-electron chi connectivity index (χ2n) is 7.81. The van der Waals surface area contributed by atoms with Crippen molar-refractivity contribution in [3.63, 3.8) is 0 Å². The van der Waals surface area contributed by atoms with E-state index in [1.165, 1.54) is 0 Å². The van der Waals surface area contributed by atoms with Gasteiger partial charge in [0.1, 0.15) is 12.6 Å². The lowest BCUT2D eigenvalue weighted by molar-refractivity contribution is -0.139. The number of carboxylic acids is 1. The van der Waals surface area contributed by atoms with Crippen LogP contribution in [0.2, 0.25) is 0 Å². The van der Waals surface area contributed by atoms with E-state index < -0.39 is 30.4 Å². The van der Waals surface area contributed by atoms with Gasteiger partial charge in [0, 0.05) is 12.5 Å². The van der Waals surface area contributed by atoms with Crippen LogP contribution < -0.4 is 10.6 Å². The number of carbonyl (C=O) groups excluding carboxylic acids is 2. The first-order valence-electron chi connectivity index (χ1n) is 10.1. The topological polar surface area (TPSA) is 105 Å². The molecule has 0 bridgehead atoms. The highest BCUT2D eigenvalue weighted by atomic mass is 16.5. The molecule has 2 amide bonds. The normalized spacial score (nSPS) is 15.6. The van der Waals surface area contributed by atoms with E-state index in [2.05, 4.69) is 10.6 Å². The van der Waals surface area contributed by atoms with E-state index in [4.69, 9.17) is 9.84 Å². The van der Waals surface area contributed by atoms with Crippen LogP contribution in [0.25, 0.3) is 11.1 Å². The molecule has 1 unspecified atom stereocenters. The van der Waals surface area contributed by atoms with Gasteiger partial charge in [-0.15, -0.1) is 0 Å². The van der Waals surface area contributed by atoms with Crippen molar-refractivity contribution < 1.29 is 24.2 Å². The molecular weight excluding hydrogens is 384 g/mol. The molecule has 3 N–H and O–H groups in total. The number of hydrogen-bond acceptors (Lipinski definition) is 4. The number of nitrogens with one attached hydrogen (secondary N) is 2. The van der Waals surface area contributed by atoms with Crippen LogP contribution in [0.5, 0.6) is 0 Å². The van der Waals surface area contributed by atoms with Crippen molar-refractivity contribution >= 4 is 18.0 Å². The minimum atomic E-state index is -1.17. The third-order valence-electron chi connectivity index (χ3n) is 5.59. The van der Waals surface area contributed by atoms with Crippen molar-refractivity contribution in [2.24, 2.45) is 5.92 Å². The number of carboxylic acid groups (broad SMARTS) is 1. The Morgan fingerprint density at radius 3 is 2.17 bits per heavy atom. The van der Waals surface area contributed by atoms with E-state index in [1.807, 2.05) is 48.5 Å². The van der Waals surface area contributed by atoms with Gasteiger partial charge in [0.2, 0.25) is 5.91 Å². The Balaban J connectivity index is 1.39. The Kier molecular flexibility index (Phi) is 5.70. The van der Waals surface area contributed by atoms with E-state index in [1.54, 1.807) is 0 Å². The number of aliphatic carboxylic acids is 1. The predicted molar refractivity (Wildman–Crippen MR) is 110 cm³/mol. The van der Waals surface area contributed by atoms with Gasteiger partial charge in [0.25, 0.3) is 0 Å². The first-order valence-corrected chi connectivity index (χ1v) is 10.1. The molecule has 0 spiro atoms. The maximum absolute atomic E-state index is 12.4. The van der Waals surface area contributed by atoms with Crippen LogP contribution in [0.4, 0.5) is 4.79 Å². The van der Waals surface area contributed by atoms with Crippen molar-refractivity contribution in [3.05, 3.63) is 59.7 Å². The summed E-state index contributed by atoms with van der Waals surface area (Å²) in [6.07, 6.45) is 0.818. The molecule has 2 aliphatic carbocycles. The largest absolute Gasteiger partial charge is 0.481 e. The number of benzene rings is 2. The predicted octanol–water partition coefficient (Wildman–Crippen LogP) is 2.89. The lowest BCUT2D eigenvalue weighted by Gasteiger charge is -2.18. The number of fused-ring (bicyclic) bond motifs is 3. The maximum atomic E-state index is 12.4. The van der Waals surface area contributed by atoms with Gasteiger partial charge in [-0.25, -0.2) is 4.79 Å². The average molecular weight is 408 g/mol. The summed E-state index contributed by atoms with van der Waals surface area (Å²) in [7, 11) is 0. The van der Waals surface area contributed by atoms with Gasteiger partial charge in [-0.3, -0.25) is 9.59 Å². The molecule has 1 atom stereocenters. The van der Waals surface area contributed by atoms with Gasteiger partial charge in [-0.2, -0.15) is 0 Å². The van der Waals surface area contributed by atoms with Gasteiger partial charge in [0.05, 0.1) is 6.42 Å². The molecule has 2 aliphatic rings. The molecule has 7 nitrogen and oxygen atoms in total. The first-order chi connectivity index (χ1) is 14.5. The van der Waals surface area contributed by atoms with E-state index >= 15 is 0 Å². The fourth-order valence-electron chi connectivity index (χ4n) is 3.86. The molecule has 1 fully saturated rings. The lowest BCUT2D eigenvalue weighted by atomic mass is 9.98. The molecule has 0 aromatic heterocycles. The molecule has 0 aliphatic heterocycles. The Hall–Kier alpha value is -3.35. The van der Waals surface area contributed by atoms with E-state index in [0.29, 0.717) is 12.5 Å². The van der Waals surface area contributed by atoms with Crippen LogP contribution in [0.3, 0.4) is 0 Å². The minimum Gasteiger partial charge on any atom is -0.481 e. The Bertz CT molecular complexity index is 924. The highest BCUT2D eigenvalue weighted by Gasteiger charge is 2.30. The highest BCUT2D eigenvalue weighted by molar-refractivity contribution is 5.89. The maximum Gasteiger partial charge on any atom is 0.407 e. The fraction of sp³-hybridized carbons (Fsp3) is 0.348. The van der Waals surface area contributed by atoms with Gasteiger partial charge in [0.15, 0.2) is 0 Å². The summed E-state index contributed by atoms with van der Waals surface area (Å²) in [6.45, 7) is 0.602. The van der Waals surface area contributed by atoms with Crippen molar-refractivity contribution in [1.82, 2.24) is 10.6 Å². The summed E-state index contributed by atoms with van der Waals surface area (Å²) in [5.41, 5.74) is 4.39. The van der Waals surface area contributed by atoms with E-state index in [9.17, 15) is 14.4 Å². The number of ether oxygens (including phenoxy) is 1. The molecule has 156 valence electrons. The van der Waals surface area contributed by atoms with Gasteiger partial charge < -0.3 is 20.5 Å². The third kappa shape index (κ3) is 4.45. The van der Waals surface area contributed by atoms with Gasteiger partial charge in [-0.05, 0) is 41.0 Å². The molecule has 0 saturated heterocycles. The molecule has 2 aromatic rings. The number of amides is 2. The van der Waals surface area contributed by atoms with Crippen molar-refractivity contribution in [2.45, 2.75) is 31.2 Å². The molecule has 2 aromatic carbocycles. The van der Waals surface area contributed by atoms with Crippen LogP contribution in [0.15, 0.2) is 48.5 Å². The van der Waals surface area contributed by atoms with E-state index in [0.717, 1.165) is 35.1 Å². The van der Waals surface area contributed by atoms with Crippen LogP contribution in [-0.4, -0.2) is 42.3 Å². The fourth-order valence-corrected chi connectivity index (χ4v) is 3.86. The average Bonchev–Trinajstić information content (AvgIpc) is 3.51. The number of hydrogen-bond donors (Lipinski definition) is 3. The first kappa shape index (κ1) is 19.9. The van der Waals surface area contributed by atoms with Crippen molar-refractivity contribution in [3.8, 4) is 11.1 Å². The summed E-state index contributed by atoms with van der Waals surface area (Å²) in [5.74, 6) is -1.32. The summed E-state index contributed by atoms with van der Waals surface area (Å²) in [5, 5.41) is 14.2. The summed E-state index contributed by atoms with van der Waals surface area (Å²) >= 11 is 0. The van der Waals surface area contributed by atoms with Gasteiger partial charge in [-0.1, -0.05) is 48.5 Å². The van der Waals surface area contributed by atoms with Crippen molar-refractivity contribution in [2.75, 3.05) is 13.2 Å². The van der Waals surface area contributed by atoms with Gasteiger partial charge >= 0.3 is 12.1 Å². The van der Waals surface area contributed by atoms with Crippen LogP contribution >= 0.6 is 0 Å². The smallest absolute Gasteiger partial charge is 0.407 e. The molecule has 0 radical (unpaired) electrons. The summed E-state index contributed by atoms with van der Waals surface area (Å²) < 4.78 is 5.42. The quantitative estimate of drug-likeness (QED) is 0.623. The van der Waals surface area contributed by atoms with Crippen LogP contribution in [-0.2, 0) is 14.3 Å². The molecule has 30 heavy (non-hydrogen) atoms. The van der Waals surface area contributed by atoms with E-state index in [-0.39, 0.29) is 12.5 Å². The molecule has 1 saturated carbocycles. The Morgan fingerprint density at radius 1 is 1.00 bits per heavy atom. The Morgan fingerprint density at radius 2 is 1.60 bits per heavy atom. The molecular formula is C23H24N2O5. The number of carbonyl (C=O) groups is 3. The van der Waals surface area contributed by atoms with Crippen LogP contribution in [0, 0.1) is 5.92 Å². The summed E-state index contributed by atoms with van der Waals surface area (Å²) in [6, 6.07) is 14.8. The zero-order valence-electron chi connectivity index (χ0n) is 16.5. The lowest BCUT2D eigenvalue weighted by Crippen LogP contribution is -2.48. The number of rotatable bonds is 8. The minimum absolute atomic E-state index is 0.101. The zero-order valence-corrected chi connectivity index (χ0v) is 16.5. The number of alkyl carbamates (subject to hydrolysis) is 1.